The first-order valence-electron chi connectivity index (χ1n) is 5.89. The topological polar surface area (TPSA) is 41.6 Å². The van der Waals surface area contributed by atoms with Crippen LogP contribution in [0.15, 0.2) is 53.0 Å². The number of fused-ring (bicyclic) bond motifs is 1. The molecule has 1 aromatic heterocycles. The second kappa shape index (κ2) is 4.87. The summed E-state index contributed by atoms with van der Waals surface area (Å²) in [5.74, 6) is 0. The van der Waals surface area contributed by atoms with Crippen LogP contribution in [0, 0.1) is 11.3 Å². The van der Waals surface area contributed by atoms with E-state index in [1.54, 1.807) is 0 Å². The van der Waals surface area contributed by atoms with Crippen LogP contribution in [0.25, 0.3) is 16.6 Å². The van der Waals surface area contributed by atoms with Gasteiger partial charge in [0.15, 0.2) is 0 Å². The fourth-order valence-electron chi connectivity index (χ4n) is 2.14. The maximum absolute atomic E-state index is 9.02. The number of nitrogens with zero attached hydrogens (tertiary/aromatic N) is 3. The Hall–Kier alpha value is -2.12. The van der Waals surface area contributed by atoms with Crippen LogP contribution in [0.1, 0.15) is 5.69 Å². The van der Waals surface area contributed by atoms with Gasteiger partial charge in [0.1, 0.15) is 0 Å². The molecular formula is C15H10BrN3. The lowest BCUT2D eigenvalue weighted by Gasteiger charge is -2.04. The van der Waals surface area contributed by atoms with Gasteiger partial charge in [-0.3, -0.25) is 0 Å². The highest BCUT2D eigenvalue weighted by Crippen LogP contribution is 2.25. The monoisotopic (exact) mass is 311 g/mol. The zero-order valence-corrected chi connectivity index (χ0v) is 11.6. The predicted molar refractivity (Wildman–Crippen MR) is 78.1 cm³/mol. The predicted octanol–water partition coefficient (Wildman–Crippen LogP) is 3.85. The minimum absolute atomic E-state index is 0.340. The molecule has 4 heteroatoms. The van der Waals surface area contributed by atoms with Crippen molar-refractivity contribution in [3.05, 3.63) is 58.7 Å². The molecule has 3 rings (SSSR count). The van der Waals surface area contributed by atoms with Gasteiger partial charge in [-0.25, -0.2) is 4.68 Å². The van der Waals surface area contributed by atoms with Gasteiger partial charge in [0.25, 0.3) is 0 Å². The van der Waals surface area contributed by atoms with Gasteiger partial charge in [0, 0.05) is 9.86 Å². The lowest BCUT2D eigenvalue weighted by atomic mass is 10.2. The van der Waals surface area contributed by atoms with Gasteiger partial charge in [0.2, 0.25) is 0 Å². The summed E-state index contributed by atoms with van der Waals surface area (Å²) in [6.45, 7) is 0. The van der Waals surface area contributed by atoms with Crippen LogP contribution < -0.4 is 0 Å². The van der Waals surface area contributed by atoms with E-state index >= 15 is 0 Å². The SMILES string of the molecule is N#CCc1c2ccc(Br)cc2nn1-c1ccccc1. The Bertz CT molecular complexity index is 769. The molecule has 92 valence electrons. The Morgan fingerprint density at radius 1 is 1.16 bits per heavy atom. The van der Waals surface area contributed by atoms with E-state index < -0.39 is 0 Å². The molecule has 0 unspecified atom stereocenters. The molecule has 0 N–H and O–H groups in total. The van der Waals surface area contributed by atoms with Gasteiger partial charge >= 0.3 is 0 Å². The number of hydrogen-bond donors (Lipinski definition) is 0. The van der Waals surface area contributed by atoms with Crippen LogP contribution in [0.4, 0.5) is 0 Å². The molecule has 3 aromatic rings. The third-order valence-electron chi connectivity index (χ3n) is 2.98. The average Bonchev–Trinajstić information content (AvgIpc) is 2.78. The summed E-state index contributed by atoms with van der Waals surface area (Å²) in [6.07, 6.45) is 0.340. The Kier molecular flexibility index (Phi) is 3.06. The molecule has 0 amide bonds. The zero-order valence-electron chi connectivity index (χ0n) is 10.0. The third-order valence-corrected chi connectivity index (χ3v) is 3.47. The molecule has 0 saturated carbocycles. The average molecular weight is 312 g/mol. The molecular weight excluding hydrogens is 302 g/mol. The summed E-state index contributed by atoms with van der Waals surface area (Å²) in [5.41, 5.74) is 2.79. The summed E-state index contributed by atoms with van der Waals surface area (Å²) in [7, 11) is 0. The summed E-state index contributed by atoms with van der Waals surface area (Å²) >= 11 is 3.45. The highest BCUT2D eigenvalue weighted by Gasteiger charge is 2.12. The molecule has 0 saturated heterocycles. The zero-order chi connectivity index (χ0) is 13.2. The molecule has 0 bridgehead atoms. The highest BCUT2D eigenvalue weighted by atomic mass is 79.9. The van der Waals surface area contributed by atoms with Crippen molar-refractivity contribution in [1.82, 2.24) is 9.78 Å². The smallest absolute Gasteiger partial charge is 0.0942 e. The molecule has 0 radical (unpaired) electrons. The number of aromatic nitrogens is 2. The van der Waals surface area contributed by atoms with Crippen molar-refractivity contribution in [3.8, 4) is 11.8 Å². The third kappa shape index (κ3) is 2.13. The number of halogens is 1. The molecule has 19 heavy (non-hydrogen) atoms. The van der Waals surface area contributed by atoms with E-state index in [9.17, 15) is 0 Å². The largest absolute Gasteiger partial charge is 0.236 e. The van der Waals surface area contributed by atoms with E-state index in [1.165, 1.54) is 0 Å². The molecule has 2 aromatic carbocycles. The van der Waals surface area contributed by atoms with Crippen LogP contribution in [0.5, 0.6) is 0 Å². The van der Waals surface area contributed by atoms with Crippen molar-refractivity contribution in [1.29, 1.82) is 5.26 Å². The first-order chi connectivity index (χ1) is 9.29. The van der Waals surface area contributed by atoms with Crippen molar-refractivity contribution in [2.75, 3.05) is 0 Å². The van der Waals surface area contributed by atoms with Gasteiger partial charge in [-0.05, 0) is 30.3 Å². The molecule has 0 aliphatic heterocycles. The summed E-state index contributed by atoms with van der Waals surface area (Å²) in [4.78, 5) is 0. The molecule has 0 atom stereocenters. The highest BCUT2D eigenvalue weighted by molar-refractivity contribution is 9.10. The van der Waals surface area contributed by atoms with Gasteiger partial charge in [-0.1, -0.05) is 34.1 Å². The summed E-state index contributed by atoms with van der Waals surface area (Å²) in [6, 6.07) is 18.0. The lowest BCUT2D eigenvalue weighted by Crippen LogP contribution is -2.01. The van der Waals surface area contributed by atoms with Crippen molar-refractivity contribution >= 4 is 26.8 Å². The molecule has 3 nitrogen and oxygen atoms in total. The Labute approximate surface area is 119 Å². The Morgan fingerprint density at radius 2 is 1.95 bits per heavy atom. The number of rotatable bonds is 2. The van der Waals surface area contributed by atoms with Gasteiger partial charge < -0.3 is 0 Å². The van der Waals surface area contributed by atoms with Crippen molar-refractivity contribution in [2.45, 2.75) is 6.42 Å². The second-order valence-corrected chi connectivity index (χ2v) is 5.11. The quantitative estimate of drug-likeness (QED) is 0.721. The normalized spacial score (nSPS) is 10.5. The fourth-order valence-corrected chi connectivity index (χ4v) is 2.49. The van der Waals surface area contributed by atoms with E-state index in [0.29, 0.717) is 6.42 Å². The van der Waals surface area contributed by atoms with Crippen molar-refractivity contribution < 1.29 is 0 Å². The minimum atomic E-state index is 0.340. The Morgan fingerprint density at radius 3 is 2.68 bits per heavy atom. The van der Waals surface area contributed by atoms with Gasteiger partial charge in [-0.15, -0.1) is 0 Å². The lowest BCUT2D eigenvalue weighted by molar-refractivity contribution is 0.844. The van der Waals surface area contributed by atoms with Gasteiger partial charge in [-0.2, -0.15) is 10.4 Å². The molecule has 0 aliphatic carbocycles. The van der Waals surface area contributed by atoms with Crippen molar-refractivity contribution in [2.24, 2.45) is 0 Å². The molecule has 0 aliphatic rings. The van der Waals surface area contributed by atoms with Crippen LogP contribution in [-0.2, 0) is 6.42 Å². The van der Waals surface area contributed by atoms with Crippen LogP contribution in [0.2, 0.25) is 0 Å². The van der Waals surface area contributed by atoms with Crippen molar-refractivity contribution in [3.63, 3.8) is 0 Å². The molecule has 1 heterocycles. The Balaban J connectivity index is 2.29. The number of para-hydroxylation sites is 1. The number of nitriles is 1. The molecule has 0 spiro atoms. The maximum atomic E-state index is 9.02. The van der Waals surface area contributed by atoms with E-state index in [-0.39, 0.29) is 0 Å². The van der Waals surface area contributed by atoms with E-state index in [4.69, 9.17) is 5.26 Å². The first-order valence-corrected chi connectivity index (χ1v) is 6.68. The number of benzene rings is 2. The standard InChI is InChI=1S/C15H10BrN3/c16-11-6-7-13-14(10-11)18-19(15(13)8-9-17)12-4-2-1-3-5-12/h1-7,10H,8H2. The van der Waals surface area contributed by atoms with Crippen LogP contribution in [0.3, 0.4) is 0 Å². The summed E-state index contributed by atoms with van der Waals surface area (Å²) < 4.78 is 2.83. The molecule has 0 fully saturated rings. The van der Waals surface area contributed by atoms with Crippen LogP contribution >= 0.6 is 15.9 Å². The second-order valence-electron chi connectivity index (χ2n) is 4.19. The van der Waals surface area contributed by atoms with Gasteiger partial charge in [0.05, 0.1) is 29.4 Å². The maximum Gasteiger partial charge on any atom is 0.0942 e. The van der Waals surface area contributed by atoms with E-state index in [1.807, 2.05) is 53.2 Å². The van der Waals surface area contributed by atoms with E-state index in [0.717, 1.165) is 26.8 Å². The minimum Gasteiger partial charge on any atom is -0.236 e. The van der Waals surface area contributed by atoms with E-state index in [2.05, 4.69) is 27.1 Å². The first kappa shape index (κ1) is 11.9. The summed E-state index contributed by atoms with van der Waals surface area (Å²) in [5, 5.41) is 14.6. The van der Waals surface area contributed by atoms with Crippen LogP contribution in [-0.4, -0.2) is 9.78 Å². The number of hydrogen-bond acceptors (Lipinski definition) is 2. The fraction of sp³-hybridized carbons (Fsp3) is 0.0667.